The van der Waals surface area contributed by atoms with Crippen LogP contribution < -0.4 is 10.6 Å². The number of anilines is 1. The van der Waals surface area contributed by atoms with Crippen molar-refractivity contribution >= 4 is 23.2 Å². The topological polar surface area (TPSA) is 41.1 Å². The Morgan fingerprint density at radius 3 is 2.88 bits per heavy atom. The molecule has 3 unspecified atom stereocenters. The molecule has 0 bridgehead atoms. The van der Waals surface area contributed by atoms with Crippen LogP contribution in [0.15, 0.2) is 54.6 Å². The molecule has 2 N–H and O–H groups in total. The van der Waals surface area contributed by atoms with Crippen LogP contribution in [-0.4, -0.2) is 12.5 Å². The van der Waals surface area contributed by atoms with Gasteiger partial charge in [0.05, 0.1) is 6.04 Å². The summed E-state index contributed by atoms with van der Waals surface area (Å²) in [7, 11) is 0. The van der Waals surface area contributed by atoms with Crippen LogP contribution in [0.1, 0.15) is 53.2 Å². The molecule has 1 aliphatic carbocycles. The molecule has 0 radical (unpaired) electrons. The fourth-order valence-corrected chi connectivity index (χ4v) is 4.36. The second-order valence-electron chi connectivity index (χ2n) is 7.05. The molecule has 2 aliphatic rings. The van der Waals surface area contributed by atoms with Crippen molar-refractivity contribution in [1.29, 1.82) is 0 Å². The fraction of sp³-hybridized carbons (Fsp3) is 0.318. The van der Waals surface area contributed by atoms with Gasteiger partial charge >= 0.3 is 0 Å². The number of benzene rings is 2. The molecule has 2 aromatic rings. The largest absolute Gasteiger partial charge is 0.378 e. The Balaban J connectivity index is 1.69. The Bertz CT molecular complexity index is 861. The van der Waals surface area contributed by atoms with Gasteiger partial charge in [-0.05, 0) is 54.2 Å². The van der Waals surface area contributed by atoms with E-state index < -0.39 is 0 Å². The van der Waals surface area contributed by atoms with Crippen LogP contribution in [-0.2, 0) is 0 Å². The van der Waals surface area contributed by atoms with E-state index >= 15 is 0 Å². The van der Waals surface area contributed by atoms with Gasteiger partial charge in [-0.2, -0.15) is 0 Å². The third kappa shape index (κ3) is 3.01. The molecule has 3 atom stereocenters. The lowest BCUT2D eigenvalue weighted by molar-refractivity contribution is 0.0953. The van der Waals surface area contributed by atoms with Gasteiger partial charge in [-0.3, -0.25) is 4.79 Å². The quantitative estimate of drug-likeness (QED) is 0.720. The van der Waals surface area contributed by atoms with Gasteiger partial charge in [0.15, 0.2) is 0 Å². The number of allylic oxidation sites excluding steroid dienone is 2. The number of hydrogen-bond donors (Lipinski definition) is 2. The average Bonchev–Trinajstić information content (AvgIpc) is 3.16. The first-order valence-corrected chi connectivity index (χ1v) is 9.66. The van der Waals surface area contributed by atoms with Crippen molar-refractivity contribution in [3.8, 4) is 0 Å². The molecule has 0 saturated heterocycles. The van der Waals surface area contributed by atoms with E-state index in [-0.39, 0.29) is 11.9 Å². The second-order valence-corrected chi connectivity index (χ2v) is 7.46. The Hall–Kier alpha value is -2.26. The van der Waals surface area contributed by atoms with Crippen LogP contribution in [0, 0.1) is 5.92 Å². The number of hydrogen-bond acceptors (Lipinski definition) is 2. The molecule has 0 aromatic heterocycles. The number of carbonyl (C=O) groups is 1. The molecular formula is C22H23ClN2O. The number of nitrogens with one attached hydrogen (secondary N) is 2. The number of fused-ring (bicyclic) bond motifs is 3. The predicted molar refractivity (Wildman–Crippen MR) is 107 cm³/mol. The lowest BCUT2D eigenvalue weighted by Gasteiger charge is -2.38. The van der Waals surface area contributed by atoms with Gasteiger partial charge in [0.1, 0.15) is 0 Å². The highest BCUT2D eigenvalue weighted by Gasteiger charge is 2.38. The molecule has 1 aliphatic heterocycles. The molecule has 0 fully saturated rings. The van der Waals surface area contributed by atoms with Crippen molar-refractivity contribution in [2.75, 3.05) is 11.9 Å². The maximum Gasteiger partial charge on any atom is 0.251 e. The summed E-state index contributed by atoms with van der Waals surface area (Å²) >= 11 is 6.48. The third-order valence-corrected chi connectivity index (χ3v) is 5.75. The lowest BCUT2D eigenvalue weighted by atomic mass is 9.76. The SMILES string of the molecule is CCCNC(=O)c1ccc2c(c1)C1C=CCC1C(c1ccccc1Cl)N2. The highest BCUT2D eigenvalue weighted by atomic mass is 35.5. The highest BCUT2D eigenvalue weighted by Crippen LogP contribution is 2.50. The molecular weight excluding hydrogens is 344 g/mol. The van der Waals surface area contributed by atoms with Gasteiger partial charge in [-0.25, -0.2) is 0 Å². The smallest absolute Gasteiger partial charge is 0.251 e. The van der Waals surface area contributed by atoms with E-state index in [4.69, 9.17) is 11.6 Å². The zero-order valence-electron chi connectivity index (χ0n) is 14.8. The molecule has 1 amide bonds. The van der Waals surface area contributed by atoms with Crippen molar-refractivity contribution in [3.05, 3.63) is 76.3 Å². The van der Waals surface area contributed by atoms with Gasteiger partial charge in [0, 0.05) is 28.7 Å². The monoisotopic (exact) mass is 366 g/mol. The summed E-state index contributed by atoms with van der Waals surface area (Å²) in [6.07, 6.45) is 6.48. The predicted octanol–water partition coefficient (Wildman–Crippen LogP) is 5.31. The van der Waals surface area contributed by atoms with E-state index in [1.54, 1.807) is 0 Å². The number of amides is 1. The zero-order chi connectivity index (χ0) is 18.1. The maximum atomic E-state index is 12.3. The third-order valence-electron chi connectivity index (χ3n) is 5.40. The summed E-state index contributed by atoms with van der Waals surface area (Å²) in [5, 5.41) is 7.44. The second kappa shape index (κ2) is 7.16. The van der Waals surface area contributed by atoms with Crippen molar-refractivity contribution in [2.24, 2.45) is 5.92 Å². The zero-order valence-corrected chi connectivity index (χ0v) is 15.6. The number of rotatable bonds is 4. The molecule has 2 aromatic carbocycles. The summed E-state index contributed by atoms with van der Waals surface area (Å²) in [4.78, 5) is 12.3. The van der Waals surface area contributed by atoms with Crippen molar-refractivity contribution in [1.82, 2.24) is 5.32 Å². The van der Waals surface area contributed by atoms with Crippen LogP contribution in [0.5, 0.6) is 0 Å². The molecule has 3 nitrogen and oxygen atoms in total. The minimum Gasteiger partial charge on any atom is -0.378 e. The Morgan fingerprint density at radius 2 is 2.08 bits per heavy atom. The Kier molecular flexibility index (Phi) is 4.73. The molecule has 4 rings (SSSR count). The lowest BCUT2D eigenvalue weighted by Crippen LogP contribution is -2.30. The van der Waals surface area contributed by atoms with Gasteiger partial charge in [-0.15, -0.1) is 0 Å². The molecule has 0 spiro atoms. The van der Waals surface area contributed by atoms with Gasteiger partial charge in [-0.1, -0.05) is 48.9 Å². The summed E-state index contributed by atoms with van der Waals surface area (Å²) < 4.78 is 0. The molecule has 134 valence electrons. The van der Waals surface area contributed by atoms with E-state index in [0.29, 0.717) is 18.4 Å². The van der Waals surface area contributed by atoms with E-state index in [9.17, 15) is 4.79 Å². The first-order chi connectivity index (χ1) is 12.7. The van der Waals surface area contributed by atoms with Gasteiger partial charge in [0.2, 0.25) is 0 Å². The van der Waals surface area contributed by atoms with Gasteiger partial charge in [0.25, 0.3) is 5.91 Å². The summed E-state index contributed by atoms with van der Waals surface area (Å²) in [5.41, 5.74) is 4.17. The van der Waals surface area contributed by atoms with Crippen molar-refractivity contribution in [3.63, 3.8) is 0 Å². The molecule has 26 heavy (non-hydrogen) atoms. The van der Waals surface area contributed by atoms with E-state index in [2.05, 4.69) is 35.8 Å². The fourth-order valence-electron chi connectivity index (χ4n) is 4.11. The van der Waals surface area contributed by atoms with Crippen LogP contribution in [0.25, 0.3) is 0 Å². The van der Waals surface area contributed by atoms with Crippen LogP contribution in [0.2, 0.25) is 5.02 Å². The maximum absolute atomic E-state index is 12.3. The first kappa shape index (κ1) is 17.2. The molecule has 1 heterocycles. The van der Waals surface area contributed by atoms with Crippen LogP contribution in [0.3, 0.4) is 0 Å². The molecule has 0 saturated carbocycles. The van der Waals surface area contributed by atoms with Gasteiger partial charge < -0.3 is 10.6 Å². The Morgan fingerprint density at radius 1 is 1.23 bits per heavy atom. The highest BCUT2D eigenvalue weighted by molar-refractivity contribution is 6.31. The van der Waals surface area contributed by atoms with E-state index in [0.717, 1.165) is 34.7 Å². The standard InChI is InChI=1S/C22H23ClN2O/c1-2-12-24-22(26)14-10-11-20-18(13-14)15-7-5-8-16(15)21(25-20)17-6-3-4-9-19(17)23/h3-7,9-11,13,15-16,21,25H,2,8,12H2,1H3,(H,24,26). The number of halogens is 1. The summed E-state index contributed by atoms with van der Waals surface area (Å²) in [6, 6.07) is 14.2. The average molecular weight is 367 g/mol. The van der Waals surface area contributed by atoms with Crippen LogP contribution in [0.4, 0.5) is 5.69 Å². The summed E-state index contributed by atoms with van der Waals surface area (Å²) in [6.45, 7) is 2.76. The van der Waals surface area contributed by atoms with Crippen LogP contribution >= 0.6 is 11.6 Å². The number of carbonyl (C=O) groups excluding carboxylic acids is 1. The minimum atomic E-state index is 0.00130. The Labute approximate surface area is 159 Å². The minimum absolute atomic E-state index is 0.00130. The molecule has 4 heteroatoms. The first-order valence-electron chi connectivity index (χ1n) is 9.29. The van der Waals surface area contributed by atoms with E-state index in [1.165, 1.54) is 5.56 Å². The van der Waals surface area contributed by atoms with E-state index in [1.807, 2.05) is 36.4 Å². The van der Waals surface area contributed by atoms with Crippen molar-refractivity contribution in [2.45, 2.75) is 31.7 Å². The van der Waals surface area contributed by atoms with Crippen molar-refractivity contribution < 1.29 is 4.79 Å². The summed E-state index contributed by atoms with van der Waals surface area (Å²) in [5.74, 6) is 0.726. The normalized spacial score (nSPS) is 23.1.